The van der Waals surface area contributed by atoms with Crippen LogP contribution in [0.2, 0.25) is 0 Å². The van der Waals surface area contributed by atoms with Gasteiger partial charge in [0.05, 0.1) is 24.7 Å². The zero-order valence-electron chi connectivity index (χ0n) is 17.5. The Labute approximate surface area is 176 Å². The maximum absolute atomic E-state index is 12.8. The quantitative estimate of drug-likeness (QED) is 0.509. The van der Waals surface area contributed by atoms with Crippen molar-refractivity contribution in [2.45, 2.75) is 13.8 Å². The monoisotopic (exact) mass is 413 g/mol. The van der Waals surface area contributed by atoms with Crippen LogP contribution >= 0.6 is 0 Å². The van der Waals surface area contributed by atoms with Crippen LogP contribution < -0.4 is 14.4 Å². The van der Waals surface area contributed by atoms with Crippen molar-refractivity contribution in [2.75, 3.05) is 44.8 Å². The lowest BCUT2D eigenvalue weighted by molar-refractivity contribution is -0.384. The van der Waals surface area contributed by atoms with Gasteiger partial charge in [0.25, 0.3) is 11.6 Å². The number of hydrogen-bond acceptors (Lipinski definition) is 6. The van der Waals surface area contributed by atoms with Gasteiger partial charge in [-0.1, -0.05) is 13.8 Å². The molecule has 1 fully saturated rings. The summed E-state index contributed by atoms with van der Waals surface area (Å²) in [6, 6.07) is 12.0. The number of amides is 1. The summed E-state index contributed by atoms with van der Waals surface area (Å²) < 4.78 is 10.8. The number of ether oxygens (including phenoxy) is 2. The van der Waals surface area contributed by atoms with Crippen molar-refractivity contribution in [3.63, 3.8) is 0 Å². The lowest BCUT2D eigenvalue weighted by atomic mass is 10.1. The summed E-state index contributed by atoms with van der Waals surface area (Å²) in [5.74, 6) is 1.58. The van der Waals surface area contributed by atoms with Crippen molar-refractivity contribution in [3.8, 4) is 11.5 Å². The van der Waals surface area contributed by atoms with Crippen molar-refractivity contribution in [1.29, 1.82) is 0 Å². The van der Waals surface area contributed by atoms with E-state index in [1.807, 2.05) is 17.0 Å². The number of hydrogen-bond donors (Lipinski definition) is 0. The van der Waals surface area contributed by atoms with Gasteiger partial charge in [-0.15, -0.1) is 0 Å². The summed E-state index contributed by atoms with van der Waals surface area (Å²) in [7, 11) is 1.48. The van der Waals surface area contributed by atoms with E-state index >= 15 is 0 Å². The largest absolute Gasteiger partial charge is 0.496 e. The molecule has 0 aromatic heterocycles. The summed E-state index contributed by atoms with van der Waals surface area (Å²) in [6.45, 7) is 6.83. The third kappa shape index (κ3) is 5.00. The van der Waals surface area contributed by atoms with Crippen LogP contribution in [0.25, 0.3) is 0 Å². The summed E-state index contributed by atoms with van der Waals surface area (Å²) in [4.78, 5) is 27.6. The molecule has 1 amide bonds. The summed E-state index contributed by atoms with van der Waals surface area (Å²) in [5, 5.41) is 11.4. The molecule has 30 heavy (non-hydrogen) atoms. The van der Waals surface area contributed by atoms with Crippen LogP contribution in [0.1, 0.15) is 24.2 Å². The van der Waals surface area contributed by atoms with Crippen molar-refractivity contribution in [2.24, 2.45) is 5.92 Å². The van der Waals surface area contributed by atoms with E-state index in [-0.39, 0.29) is 11.6 Å². The first kappa shape index (κ1) is 21.4. The maximum atomic E-state index is 12.8. The van der Waals surface area contributed by atoms with E-state index in [9.17, 15) is 14.9 Å². The fourth-order valence-electron chi connectivity index (χ4n) is 3.33. The fourth-order valence-corrected chi connectivity index (χ4v) is 3.33. The first-order chi connectivity index (χ1) is 14.4. The first-order valence-corrected chi connectivity index (χ1v) is 9.98. The Bertz CT molecular complexity index is 890. The van der Waals surface area contributed by atoms with Crippen molar-refractivity contribution in [3.05, 3.63) is 58.1 Å². The van der Waals surface area contributed by atoms with Gasteiger partial charge >= 0.3 is 0 Å². The molecule has 0 aliphatic carbocycles. The molecule has 0 spiro atoms. The third-order valence-corrected chi connectivity index (χ3v) is 4.97. The highest BCUT2D eigenvalue weighted by molar-refractivity contribution is 5.94. The maximum Gasteiger partial charge on any atom is 0.296 e. The molecule has 160 valence electrons. The molecule has 0 radical (unpaired) electrons. The molecule has 0 atom stereocenters. The van der Waals surface area contributed by atoms with Gasteiger partial charge in [-0.25, -0.2) is 0 Å². The second-order valence-corrected chi connectivity index (χ2v) is 7.62. The van der Waals surface area contributed by atoms with E-state index in [0.29, 0.717) is 55.7 Å². The molecule has 8 nitrogen and oxygen atoms in total. The van der Waals surface area contributed by atoms with Crippen molar-refractivity contribution >= 4 is 17.3 Å². The molecule has 2 aromatic rings. The molecule has 2 aromatic carbocycles. The molecule has 0 unspecified atom stereocenters. The van der Waals surface area contributed by atoms with Crippen LogP contribution in [0.3, 0.4) is 0 Å². The van der Waals surface area contributed by atoms with Gasteiger partial charge in [0, 0.05) is 31.7 Å². The second-order valence-electron chi connectivity index (χ2n) is 7.62. The number of anilines is 1. The van der Waals surface area contributed by atoms with Gasteiger partial charge in [0.15, 0.2) is 0 Å². The van der Waals surface area contributed by atoms with E-state index in [1.54, 1.807) is 29.2 Å². The second kappa shape index (κ2) is 9.47. The average Bonchev–Trinajstić information content (AvgIpc) is 2.77. The Morgan fingerprint density at radius 3 is 2.27 bits per heavy atom. The fraction of sp³-hybridized carbons (Fsp3) is 0.409. The Kier molecular flexibility index (Phi) is 6.76. The van der Waals surface area contributed by atoms with Gasteiger partial charge < -0.3 is 19.3 Å². The molecule has 1 aliphatic rings. The van der Waals surface area contributed by atoms with Gasteiger partial charge in [0.1, 0.15) is 17.2 Å². The Morgan fingerprint density at radius 2 is 1.70 bits per heavy atom. The highest BCUT2D eigenvalue weighted by Crippen LogP contribution is 2.32. The van der Waals surface area contributed by atoms with Gasteiger partial charge in [-0.3, -0.25) is 14.9 Å². The van der Waals surface area contributed by atoms with Crippen LogP contribution in [-0.2, 0) is 0 Å². The average molecular weight is 413 g/mol. The predicted octanol–water partition coefficient (Wildman–Crippen LogP) is 3.60. The summed E-state index contributed by atoms with van der Waals surface area (Å²) in [6.07, 6.45) is 0. The van der Waals surface area contributed by atoms with Gasteiger partial charge in [0.2, 0.25) is 0 Å². The van der Waals surface area contributed by atoms with Crippen LogP contribution in [-0.4, -0.2) is 55.6 Å². The molecule has 0 N–H and O–H groups in total. The number of carbonyl (C=O) groups excluding carboxylic acids is 1. The Morgan fingerprint density at radius 1 is 1.07 bits per heavy atom. The number of methoxy groups -OCH3 is 1. The molecule has 0 bridgehead atoms. The van der Waals surface area contributed by atoms with Crippen molar-refractivity contribution in [1.82, 2.24) is 4.90 Å². The minimum atomic E-state index is -0.404. The predicted molar refractivity (Wildman–Crippen MR) is 115 cm³/mol. The molecule has 8 heteroatoms. The minimum Gasteiger partial charge on any atom is -0.496 e. The van der Waals surface area contributed by atoms with Crippen LogP contribution in [0.4, 0.5) is 11.4 Å². The van der Waals surface area contributed by atoms with Gasteiger partial charge in [-0.2, -0.15) is 0 Å². The Balaban J connectivity index is 1.63. The molecule has 3 rings (SSSR count). The molecular formula is C22H27N3O5. The lowest BCUT2D eigenvalue weighted by Crippen LogP contribution is -2.48. The number of rotatable bonds is 7. The highest BCUT2D eigenvalue weighted by atomic mass is 16.6. The zero-order chi connectivity index (χ0) is 21.7. The van der Waals surface area contributed by atoms with E-state index in [1.165, 1.54) is 13.2 Å². The number of carbonyl (C=O) groups is 1. The Hall–Kier alpha value is -3.29. The van der Waals surface area contributed by atoms with E-state index in [0.717, 1.165) is 5.75 Å². The van der Waals surface area contributed by atoms with Crippen molar-refractivity contribution < 1.29 is 19.2 Å². The number of nitro benzene ring substituents is 1. The zero-order valence-corrected chi connectivity index (χ0v) is 17.5. The normalized spacial score (nSPS) is 14.0. The number of piperazine rings is 1. The lowest BCUT2D eigenvalue weighted by Gasteiger charge is -2.35. The van der Waals surface area contributed by atoms with Crippen LogP contribution in [0, 0.1) is 16.0 Å². The minimum absolute atomic E-state index is 0.00566. The van der Waals surface area contributed by atoms with E-state index < -0.39 is 4.92 Å². The molecule has 0 saturated carbocycles. The number of benzene rings is 2. The summed E-state index contributed by atoms with van der Waals surface area (Å²) in [5.41, 5.74) is 1.15. The molecular weight excluding hydrogens is 386 g/mol. The van der Waals surface area contributed by atoms with E-state index in [2.05, 4.69) is 13.8 Å². The number of nitro groups is 1. The molecule has 1 saturated heterocycles. The van der Waals surface area contributed by atoms with E-state index in [4.69, 9.17) is 9.47 Å². The van der Waals surface area contributed by atoms with Gasteiger partial charge in [-0.05, 0) is 42.3 Å². The SMILES string of the molecule is COc1ccc(N2CCN(C(=O)c3ccc(OCC(C)C)cc3)CC2)c([N+](=O)[O-])c1. The standard InChI is InChI=1S/C22H27N3O5/c1-16(2)15-30-18-6-4-17(5-7-18)22(26)24-12-10-23(11-13-24)20-9-8-19(29-3)14-21(20)25(27)28/h4-9,14,16H,10-13,15H2,1-3H3. The highest BCUT2D eigenvalue weighted by Gasteiger charge is 2.26. The molecule has 1 aliphatic heterocycles. The first-order valence-electron chi connectivity index (χ1n) is 9.98. The van der Waals surface area contributed by atoms with Crippen LogP contribution in [0.5, 0.6) is 11.5 Å². The summed E-state index contributed by atoms with van der Waals surface area (Å²) >= 11 is 0. The number of nitrogens with zero attached hydrogens (tertiary/aromatic N) is 3. The smallest absolute Gasteiger partial charge is 0.296 e. The van der Waals surface area contributed by atoms with Crippen LogP contribution in [0.15, 0.2) is 42.5 Å². The third-order valence-electron chi connectivity index (χ3n) is 4.97. The molecule has 1 heterocycles. The topological polar surface area (TPSA) is 85.2 Å².